The molecular formula is C22H27FO2. The summed E-state index contributed by atoms with van der Waals surface area (Å²) in [5, 5.41) is 0. The molecule has 0 saturated heterocycles. The highest BCUT2D eigenvalue weighted by atomic mass is 19.1. The number of hydrogen-bond donors (Lipinski definition) is 0. The third kappa shape index (κ3) is 4.47. The second-order valence-electron chi connectivity index (χ2n) is 6.89. The molecule has 0 heterocycles. The Hall–Kier alpha value is -2.16. The fourth-order valence-electron chi connectivity index (χ4n) is 2.87. The maximum Gasteiger partial charge on any atom is 0.150 e. The van der Waals surface area contributed by atoms with E-state index in [1.807, 2.05) is 24.3 Å². The Morgan fingerprint density at radius 2 is 1.76 bits per heavy atom. The smallest absolute Gasteiger partial charge is 0.150 e. The molecule has 134 valence electrons. The first-order valence-corrected chi connectivity index (χ1v) is 8.90. The molecule has 0 N–H and O–H groups in total. The number of alkyl halides is 1. The van der Waals surface area contributed by atoms with E-state index in [2.05, 4.69) is 39.8 Å². The third-order valence-electron chi connectivity index (χ3n) is 4.33. The Balaban J connectivity index is 2.70. The molecule has 2 nitrogen and oxygen atoms in total. The molecule has 2 aromatic carbocycles. The Bertz CT molecular complexity index is 720. The van der Waals surface area contributed by atoms with Gasteiger partial charge in [-0.25, -0.2) is 0 Å². The Morgan fingerprint density at radius 3 is 2.36 bits per heavy atom. The van der Waals surface area contributed by atoms with Gasteiger partial charge in [-0.1, -0.05) is 58.0 Å². The largest absolute Gasteiger partial charge is 0.493 e. The molecule has 0 bridgehead atoms. The van der Waals surface area contributed by atoms with Gasteiger partial charge < -0.3 is 4.74 Å². The number of aldehydes is 1. The van der Waals surface area contributed by atoms with Crippen LogP contribution < -0.4 is 4.74 Å². The molecule has 2 aromatic rings. The lowest BCUT2D eigenvalue weighted by Gasteiger charge is -2.22. The molecule has 0 amide bonds. The van der Waals surface area contributed by atoms with E-state index in [1.54, 1.807) is 0 Å². The van der Waals surface area contributed by atoms with Gasteiger partial charge in [-0.05, 0) is 34.6 Å². The predicted molar refractivity (Wildman–Crippen MR) is 102 cm³/mol. The molecule has 0 aliphatic heterocycles. The molecule has 25 heavy (non-hydrogen) atoms. The first kappa shape index (κ1) is 19.2. The Kier molecular flexibility index (Phi) is 6.74. The molecule has 0 aliphatic carbocycles. The van der Waals surface area contributed by atoms with Crippen molar-refractivity contribution in [2.24, 2.45) is 0 Å². The van der Waals surface area contributed by atoms with Crippen molar-refractivity contribution < 1.29 is 13.9 Å². The van der Waals surface area contributed by atoms with E-state index in [0.29, 0.717) is 24.5 Å². The molecule has 3 heteroatoms. The van der Waals surface area contributed by atoms with Crippen molar-refractivity contribution in [2.45, 2.75) is 46.0 Å². The summed E-state index contributed by atoms with van der Waals surface area (Å²) in [5.41, 5.74) is 4.71. The van der Waals surface area contributed by atoms with Crippen LogP contribution in [0.15, 0.2) is 36.4 Å². The highest BCUT2D eigenvalue weighted by Crippen LogP contribution is 2.40. The lowest BCUT2D eigenvalue weighted by molar-refractivity contribution is 0.112. The molecule has 0 aromatic heterocycles. The van der Waals surface area contributed by atoms with Crippen molar-refractivity contribution in [3.8, 4) is 16.9 Å². The zero-order valence-electron chi connectivity index (χ0n) is 15.5. The topological polar surface area (TPSA) is 26.3 Å². The van der Waals surface area contributed by atoms with Gasteiger partial charge >= 0.3 is 0 Å². The van der Waals surface area contributed by atoms with E-state index in [0.717, 1.165) is 28.7 Å². The summed E-state index contributed by atoms with van der Waals surface area (Å²) >= 11 is 0. The minimum Gasteiger partial charge on any atom is -0.493 e. The maximum absolute atomic E-state index is 12.5. The lowest BCUT2D eigenvalue weighted by Crippen LogP contribution is -2.06. The number of hydrogen-bond acceptors (Lipinski definition) is 2. The predicted octanol–water partition coefficient (Wildman–Crippen LogP) is 6.15. The zero-order valence-corrected chi connectivity index (χ0v) is 15.5. The van der Waals surface area contributed by atoms with Crippen molar-refractivity contribution in [1.29, 1.82) is 0 Å². The molecule has 0 radical (unpaired) electrons. The highest BCUT2D eigenvalue weighted by molar-refractivity contribution is 5.90. The average molecular weight is 342 g/mol. The van der Waals surface area contributed by atoms with Crippen molar-refractivity contribution in [3.63, 3.8) is 0 Å². The van der Waals surface area contributed by atoms with Crippen LogP contribution in [0.5, 0.6) is 5.75 Å². The minimum atomic E-state index is -0.401. The van der Waals surface area contributed by atoms with Crippen molar-refractivity contribution in [1.82, 2.24) is 0 Å². The van der Waals surface area contributed by atoms with Gasteiger partial charge in [0.05, 0.1) is 13.3 Å². The van der Waals surface area contributed by atoms with Gasteiger partial charge in [0.2, 0.25) is 0 Å². The third-order valence-corrected chi connectivity index (χ3v) is 4.33. The number of halogens is 1. The van der Waals surface area contributed by atoms with E-state index < -0.39 is 6.67 Å². The number of carbonyl (C=O) groups excluding carboxylic acids is 1. The summed E-state index contributed by atoms with van der Waals surface area (Å²) in [6, 6.07) is 11.8. The summed E-state index contributed by atoms with van der Waals surface area (Å²) < 4.78 is 18.5. The monoisotopic (exact) mass is 342 g/mol. The van der Waals surface area contributed by atoms with E-state index in [1.165, 1.54) is 5.56 Å². The van der Waals surface area contributed by atoms with E-state index >= 15 is 0 Å². The minimum absolute atomic E-state index is 0.265. The molecular weight excluding hydrogens is 315 g/mol. The standard InChI is InChI=1S/C22H27FO2/c1-15(2)18-12-20(16(3)4)22(25-11-7-10-23)21(13-18)19-9-6-5-8-17(19)14-24/h5-6,8-9,12-16H,7,10-11H2,1-4H3. The second-order valence-corrected chi connectivity index (χ2v) is 6.89. The van der Waals surface area contributed by atoms with Crippen LogP contribution in [0.25, 0.3) is 11.1 Å². The van der Waals surface area contributed by atoms with Crippen molar-refractivity contribution in [2.75, 3.05) is 13.3 Å². The van der Waals surface area contributed by atoms with Crippen LogP contribution in [0.3, 0.4) is 0 Å². The first-order chi connectivity index (χ1) is 12.0. The van der Waals surface area contributed by atoms with E-state index in [9.17, 15) is 9.18 Å². The first-order valence-electron chi connectivity index (χ1n) is 8.90. The molecule has 0 atom stereocenters. The summed E-state index contributed by atoms with van der Waals surface area (Å²) in [4.78, 5) is 11.5. The van der Waals surface area contributed by atoms with Gasteiger partial charge in [-0.3, -0.25) is 9.18 Å². The molecule has 0 spiro atoms. The van der Waals surface area contributed by atoms with Gasteiger partial charge in [0, 0.05) is 17.5 Å². The zero-order chi connectivity index (χ0) is 18.4. The van der Waals surface area contributed by atoms with Crippen LogP contribution >= 0.6 is 0 Å². The van der Waals surface area contributed by atoms with Crippen molar-refractivity contribution >= 4 is 6.29 Å². The fraction of sp³-hybridized carbons (Fsp3) is 0.409. The number of ether oxygens (including phenoxy) is 1. The van der Waals surface area contributed by atoms with Gasteiger partial charge in [0.1, 0.15) is 5.75 Å². The van der Waals surface area contributed by atoms with Crippen LogP contribution in [0.1, 0.15) is 67.4 Å². The SMILES string of the molecule is CC(C)c1cc(-c2ccccc2C=O)c(OCCCF)c(C(C)C)c1. The van der Waals surface area contributed by atoms with Gasteiger partial charge in [-0.15, -0.1) is 0 Å². The van der Waals surface area contributed by atoms with E-state index in [-0.39, 0.29) is 5.92 Å². The quantitative estimate of drug-likeness (QED) is 0.425. The van der Waals surface area contributed by atoms with Crippen LogP contribution in [-0.2, 0) is 0 Å². The molecule has 0 unspecified atom stereocenters. The number of benzene rings is 2. The summed E-state index contributed by atoms with van der Waals surface area (Å²) in [6.07, 6.45) is 1.23. The van der Waals surface area contributed by atoms with Gasteiger partial charge in [0.25, 0.3) is 0 Å². The normalized spacial score (nSPS) is 11.2. The Morgan fingerprint density at radius 1 is 1.04 bits per heavy atom. The molecule has 0 saturated carbocycles. The van der Waals surface area contributed by atoms with E-state index in [4.69, 9.17) is 4.74 Å². The number of carbonyl (C=O) groups is 1. The van der Waals surface area contributed by atoms with Gasteiger partial charge in [-0.2, -0.15) is 0 Å². The maximum atomic E-state index is 12.5. The van der Waals surface area contributed by atoms with Gasteiger partial charge in [0.15, 0.2) is 6.29 Å². The fourth-order valence-corrected chi connectivity index (χ4v) is 2.87. The number of rotatable bonds is 8. The summed E-state index contributed by atoms with van der Waals surface area (Å²) in [5.74, 6) is 1.39. The summed E-state index contributed by atoms with van der Waals surface area (Å²) in [7, 11) is 0. The Labute approximate surface area is 150 Å². The average Bonchev–Trinajstić information content (AvgIpc) is 2.61. The molecule has 0 aliphatic rings. The highest BCUT2D eigenvalue weighted by Gasteiger charge is 2.19. The second kappa shape index (κ2) is 8.80. The van der Waals surface area contributed by atoms with Crippen LogP contribution in [0.2, 0.25) is 0 Å². The molecule has 0 fully saturated rings. The van der Waals surface area contributed by atoms with Crippen LogP contribution in [0.4, 0.5) is 4.39 Å². The van der Waals surface area contributed by atoms with Crippen LogP contribution in [0, 0.1) is 0 Å². The molecule has 2 rings (SSSR count). The summed E-state index contributed by atoms with van der Waals surface area (Å²) in [6.45, 7) is 8.47. The lowest BCUT2D eigenvalue weighted by atomic mass is 9.88. The van der Waals surface area contributed by atoms with Crippen LogP contribution in [-0.4, -0.2) is 19.6 Å². The van der Waals surface area contributed by atoms with Crippen molar-refractivity contribution in [3.05, 3.63) is 53.1 Å².